The fourth-order valence-corrected chi connectivity index (χ4v) is 5.09. The van der Waals surface area contributed by atoms with Crippen molar-refractivity contribution in [3.8, 4) is 5.75 Å². The van der Waals surface area contributed by atoms with E-state index in [-0.39, 0.29) is 17.7 Å². The van der Waals surface area contributed by atoms with Crippen molar-refractivity contribution in [2.24, 2.45) is 0 Å². The van der Waals surface area contributed by atoms with Crippen molar-refractivity contribution in [3.63, 3.8) is 0 Å². The van der Waals surface area contributed by atoms with Gasteiger partial charge in [0, 0.05) is 34.5 Å². The number of nitro groups is 1. The molecule has 0 aliphatic carbocycles. The number of imidazole rings is 1. The average Bonchev–Trinajstić information content (AvgIpc) is 3.47. The van der Waals surface area contributed by atoms with Gasteiger partial charge in [-0.15, -0.1) is 13.2 Å². The van der Waals surface area contributed by atoms with Crippen LogP contribution in [0.1, 0.15) is 22.7 Å². The number of carbonyl (C=O) groups excluding carboxylic acids is 1. The number of halogens is 3. The van der Waals surface area contributed by atoms with Gasteiger partial charge in [0.2, 0.25) is 11.9 Å². The number of hydrogen-bond donors (Lipinski definition) is 3. The Balaban J connectivity index is 1.69. The predicted molar refractivity (Wildman–Crippen MR) is 113 cm³/mol. The molecule has 0 bridgehead atoms. The van der Waals surface area contributed by atoms with Crippen LogP contribution in [0.2, 0.25) is 0 Å². The van der Waals surface area contributed by atoms with Crippen molar-refractivity contribution >= 4 is 11.6 Å². The molecule has 1 spiro atoms. The Kier molecular flexibility index (Phi) is 5.04. The summed E-state index contributed by atoms with van der Waals surface area (Å²) in [6, 6.07) is 9.87. The molecule has 2 aliphatic heterocycles. The van der Waals surface area contributed by atoms with Crippen LogP contribution < -0.4 is 15.4 Å². The zero-order valence-electron chi connectivity index (χ0n) is 17.4. The van der Waals surface area contributed by atoms with Crippen LogP contribution >= 0.6 is 0 Å². The Labute approximate surface area is 190 Å². The Morgan fingerprint density at radius 2 is 1.94 bits per heavy atom. The molecule has 3 aromatic rings. The number of nitrogens with zero attached hydrogens (tertiary/aromatic N) is 2. The molecule has 3 N–H and O–H groups in total. The molecule has 1 amide bonds. The van der Waals surface area contributed by atoms with Crippen molar-refractivity contribution in [1.82, 2.24) is 15.3 Å². The number of rotatable bonds is 5. The third kappa shape index (κ3) is 3.55. The third-order valence-corrected chi connectivity index (χ3v) is 6.29. The van der Waals surface area contributed by atoms with Crippen LogP contribution in [0.4, 0.5) is 18.9 Å². The maximum Gasteiger partial charge on any atom is 0.573 e. The zero-order chi connectivity index (χ0) is 24.1. The summed E-state index contributed by atoms with van der Waals surface area (Å²) in [5.41, 5.74) is -0.149. The first-order valence-corrected chi connectivity index (χ1v) is 10.3. The van der Waals surface area contributed by atoms with Gasteiger partial charge < -0.3 is 15.0 Å². The minimum atomic E-state index is -4.94. The van der Waals surface area contributed by atoms with E-state index in [4.69, 9.17) is 0 Å². The van der Waals surface area contributed by atoms with E-state index in [1.54, 1.807) is 30.3 Å². The SMILES string of the molecule is O=C1Nc2ccc(OC(F)(F)F)cc2[C@@]12N[C@H](Cc1cnc[nH]1)[C@@H]([N+](=O)[O-])[C@@H]2c1ccccc1. The Bertz CT molecular complexity index is 1240. The Morgan fingerprint density at radius 1 is 1.18 bits per heavy atom. The van der Waals surface area contributed by atoms with Crippen LogP contribution in [-0.4, -0.2) is 39.2 Å². The van der Waals surface area contributed by atoms with Crippen LogP contribution in [0.5, 0.6) is 5.75 Å². The van der Waals surface area contributed by atoms with E-state index in [9.17, 15) is 28.1 Å². The summed E-state index contributed by atoms with van der Waals surface area (Å²) in [5, 5.41) is 18.2. The molecule has 9 nitrogen and oxygen atoms in total. The van der Waals surface area contributed by atoms with Gasteiger partial charge >= 0.3 is 6.36 Å². The predicted octanol–water partition coefficient (Wildman–Crippen LogP) is 3.10. The minimum Gasteiger partial charge on any atom is -0.406 e. The largest absolute Gasteiger partial charge is 0.573 e. The summed E-state index contributed by atoms with van der Waals surface area (Å²) >= 11 is 0. The highest BCUT2D eigenvalue weighted by molar-refractivity contribution is 6.07. The van der Waals surface area contributed by atoms with Gasteiger partial charge in [-0.05, 0) is 23.8 Å². The summed E-state index contributed by atoms with van der Waals surface area (Å²) in [6.45, 7) is 0. The Morgan fingerprint density at radius 3 is 2.59 bits per heavy atom. The van der Waals surface area contributed by atoms with Crippen molar-refractivity contribution in [1.29, 1.82) is 0 Å². The van der Waals surface area contributed by atoms with E-state index in [0.29, 0.717) is 11.3 Å². The van der Waals surface area contributed by atoms with Crippen molar-refractivity contribution in [3.05, 3.63) is 88.0 Å². The summed E-state index contributed by atoms with van der Waals surface area (Å²) in [6.07, 6.45) is -1.82. The lowest BCUT2D eigenvalue weighted by molar-refractivity contribution is -0.526. The summed E-state index contributed by atoms with van der Waals surface area (Å²) in [7, 11) is 0. The lowest BCUT2D eigenvalue weighted by Crippen LogP contribution is -2.49. The molecule has 0 unspecified atom stereocenters. The molecule has 34 heavy (non-hydrogen) atoms. The van der Waals surface area contributed by atoms with Gasteiger partial charge in [0.05, 0.1) is 18.3 Å². The van der Waals surface area contributed by atoms with Gasteiger partial charge in [0.25, 0.3) is 0 Å². The summed E-state index contributed by atoms with van der Waals surface area (Å²) in [4.78, 5) is 32.2. The minimum absolute atomic E-state index is 0.151. The van der Waals surface area contributed by atoms with Crippen LogP contribution in [-0.2, 0) is 16.8 Å². The lowest BCUT2D eigenvalue weighted by Gasteiger charge is -2.30. The molecule has 1 fully saturated rings. The maximum absolute atomic E-state index is 13.5. The van der Waals surface area contributed by atoms with Gasteiger partial charge in [-0.1, -0.05) is 30.3 Å². The van der Waals surface area contributed by atoms with Gasteiger partial charge in [-0.25, -0.2) is 4.98 Å². The number of aromatic amines is 1. The molecule has 3 heterocycles. The second kappa shape index (κ2) is 7.83. The number of nitrogens with one attached hydrogen (secondary N) is 3. The van der Waals surface area contributed by atoms with Gasteiger partial charge in [-0.2, -0.15) is 0 Å². The number of ether oxygens (including phenoxy) is 1. The van der Waals surface area contributed by atoms with Crippen molar-refractivity contribution < 1.29 is 27.6 Å². The number of anilines is 1. The van der Waals surface area contributed by atoms with E-state index in [1.165, 1.54) is 18.6 Å². The maximum atomic E-state index is 13.5. The van der Waals surface area contributed by atoms with Crippen molar-refractivity contribution in [2.45, 2.75) is 36.3 Å². The van der Waals surface area contributed by atoms with E-state index in [2.05, 4.69) is 25.3 Å². The average molecular weight is 473 g/mol. The highest BCUT2D eigenvalue weighted by Crippen LogP contribution is 2.53. The monoisotopic (exact) mass is 473 g/mol. The lowest BCUT2D eigenvalue weighted by atomic mass is 9.74. The topological polar surface area (TPSA) is 122 Å². The van der Waals surface area contributed by atoms with Gasteiger partial charge in [0.15, 0.2) is 0 Å². The zero-order valence-corrected chi connectivity index (χ0v) is 17.4. The number of hydrogen-bond acceptors (Lipinski definition) is 6. The fourth-order valence-electron chi connectivity index (χ4n) is 5.09. The molecule has 176 valence electrons. The highest BCUT2D eigenvalue weighted by atomic mass is 19.4. The second-order valence-corrected chi connectivity index (χ2v) is 8.21. The number of carbonyl (C=O) groups is 1. The molecule has 2 aliphatic rings. The number of benzene rings is 2. The molecule has 2 aromatic carbocycles. The molecular weight excluding hydrogens is 455 g/mol. The number of alkyl halides is 3. The molecule has 0 radical (unpaired) electrons. The third-order valence-electron chi connectivity index (χ3n) is 6.29. The van der Waals surface area contributed by atoms with Crippen LogP contribution in [0.25, 0.3) is 0 Å². The van der Waals surface area contributed by atoms with E-state index in [1.807, 2.05) is 0 Å². The van der Waals surface area contributed by atoms with Crippen molar-refractivity contribution in [2.75, 3.05) is 5.32 Å². The van der Waals surface area contributed by atoms with Crippen LogP contribution in [0.15, 0.2) is 61.1 Å². The van der Waals surface area contributed by atoms with Gasteiger partial charge in [0.1, 0.15) is 11.3 Å². The second-order valence-electron chi connectivity index (χ2n) is 8.21. The molecule has 1 aromatic heterocycles. The van der Waals surface area contributed by atoms with Crippen LogP contribution in [0.3, 0.4) is 0 Å². The molecule has 4 atom stereocenters. The smallest absolute Gasteiger partial charge is 0.406 e. The first kappa shape index (κ1) is 21.9. The van der Waals surface area contributed by atoms with E-state index in [0.717, 1.165) is 12.1 Å². The van der Waals surface area contributed by atoms with E-state index >= 15 is 0 Å². The first-order chi connectivity index (χ1) is 16.2. The molecule has 12 heteroatoms. The molecule has 5 rings (SSSR count). The normalized spacial score (nSPS) is 25.9. The first-order valence-electron chi connectivity index (χ1n) is 10.3. The Hall–Kier alpha value is -3.93. The summed E-state index contributed by atoms with van der Waals surface area (Å²) in [5.74, 6) is -2.12. The molecule has 0 saturated carbocycles. The highest BCUT2D eigenvalue weighted by Gasteiger charge is 2.66. The van der Waals surface area contributed by atoms with Crippen LogP contribution in [0, 0.1) is 10.1 Å². The summed E-state index contributed by atoms with van der Waals surface area (Å²) < 4.78 is 42.8. The number of H-pyrrole nitrogens is 1. The molecular formula is C22H18F3N5O4. The number of aromatic nitrogens is 2. The number of fused-ring (bicyclic) bond motifs is 2. The van der Waals surface area contributed by atoms with Gasteiger partial charge in [-0.3, -0.25) is 20.2 Å². The standard InChI is InChI=1S/C22H18F3N5O4/c23-22(24,25)34-14-6-7-16-15(9-14)21(20(31)28-16)18(12-4-2-1-3-5-12)19(30(32)33)17(29-21)8-13-10-26-11-27-13/h1-7,9-11,17-19,29H,8H2,(H,26,27)(H,28,31)/t17-,18+,19-,21+/m1/s1. The quantitative estimate of drug-likeness (QED) is 0.387. The fraction of sp³-hybridized carbons (Fsp3) is 0.273. The number of amides is 1. The molecule has 1 saturated heterocycles. The van der Waals surface area contributed by atoms with E-state index < -0.39 is 46.5 Å².